The molecule has 0 atom stereocenters. The van der Waals surface area contributed by atoms with Crippen LogP contribution in [0, 0.1) is 0 Å². The van der Waals surface area contributed by atoms with Gasteiger partial charge in [0.05, 0.1) is 11.6 Å². The van der Waals surface area contributed by atoms with Crippen molar-refractivity contribution in [3.8, 4) is 0 Å². The first kappa shape index (κ1) is 17.8. The van der Waals surface area contributed by atoms with E-state index in [1.165, 1.54) is 11.3 Å². The van der Waals surface area contributed by atoms with Gasteiger partial charge in [-0.25, -0.2) is 0 Å². The Kier molecular flexibility index (Phi) is 5.63. The topological polar surface area (TPSA) is 58.2 Å². The number of fused-ring (bicyclic) bond motifs is 1. The van der Waals surface area contributed by atoms with Gasteiger partial charge >= 0.3 is 0 Å². The number of thioether (sulfide) groups is 1. The largest absolute Gasteiger partial charge is 0.342 e. The van der Waals surface area contributed by atoms with Crippen molar-refractivity contribution < 1.29 is 9.59 Å². The van der Waals surface area contributed by atoms with Crippen LogP contribution in [0.2, 0.25) is 5.02 Å². The average molecular weight is 391 g/mol. The normalized spacial score (nSPS) is 10.6. The molecule has 0 aliphatic carbocycles. The van der Waals surface area contributed by atoms with Gasteiger partial charge in [0.15, 0.2) is 0 Å². The molecule has 2 N–H and O–H groups in total. The third-order valence-corrected chi connectivity index (χ3v) is 5.90. The highest BCUT2D eigenvalue weighted by Crippen LogP contribution is 2.34. The zero-order chi connectivity index (χ0) is 17.8. The number of thiophene rings is 1. The maximum Gasteiger partial charge on any atom is 0.263 e. The van der Waals surface area contributed by atoms with Crippen molar-refractivity contribution in [3.05, 3.63) is 58.4 Å². The van der Waals surface area contributed by atoms with E-state index in [1.807, 2.05) is 54.8 Å². The summed E-state index contributed by atoms with van der Waals surface area (Å²) in [6.45, 7) is -0.118. The van der Waals surface area contributed by atoms with Crippen LogP contribution in [0.25, 0.3) is 10.1 Å². The van der Waals surface area contributed by atoms with E-state index in [0.29, 0.717) is 15.6 Å². The Bertz CT molecular complexity index is 940. The number of benzene rings is 2. The number of carbonyl (C=O) groups is 2. The lowest BCUT2D eigenvalue weighted by molar-refractivity contribution is -0.115. The van der Waals surface area contributed by atoms with Crippen molar-refractivity contribution in [2.24, 2.45) is 0 Å². The predicted molar refractivity (Wildman–Crippen MR) is 106 cm³/mol. The monoisotopic (exact) mass is 390 g/mol. The van der Waals surface area contributed by atoms with E-state index >= 15 is 0 Å². The number of hydrogen-bond acceptors (Lipinski definition) is 4. The molecule has 4 nitrogen and oxygen atoms in total. The highest BCUT2D eigenvalue weighted by Gasteiger charge is 2.17. The number of anilines is 1. The molecule has 3 aromatic rings. The third-order valence-electron chi connectivity index (χ3n) is 3.50. The second kappa shape index (κ2) is 7.91. The van der Waals surface area contributed by atoms with E-state index in [9.17, 15) is 9.59 Å². The second-order valence-corrected chi connectivity index (χ2v) is 7.51. The predicted octanol–water partition coefficient (Wildman–Crippen LogP) is 4.65. The standard InChI is InChI=1S/C18H15ClN2O2S2/c1-24-12-6-4-5-11(9-12)21-15(22)10-20-18(23)17-16(19)13-7-2-3-8-14(13)25-17/h2-9H,10H2,1H3,(H,20,23)(H,21,22). The Labute approximate surface area is 158 Å². The Balaban J connectivity index is 1.63. The molecule has 0 aliphatic heterocycles. The number of carbonyl (C=O) groups excluding carboxylic acids is 2. The van der Waals surface area contributed by atoms with Gasteiger partial charge in [-0.15, -0.1) is 23.1 Å². The Morgan fingerprint density at radius 2 is 1.96 bits per heavy atom. The number of rotatable bonds is 5. The van der Waals surface area contributed by atoms with Gasteiger partial charge in [-0.1, -0.05) is 35.9 Å². The maximum atomic E-state index is 12.3. The van der Waals surface area contributed by atoms with Crippen molar-refractivity contribution in [2.75, 3.05) is 18.1 Å². The van der Waals surface area contributed by atoms with Gasteiger partial charge in [-0.2, -0.15) is 0 Å². The summed E-state index contributed by atoms with van der Waals surface area (Å²) in [5.74, 6) is -0.636. The molecule has 25 heavy (non-hydrogen) atoms. The third kappa shape index (κ3) is 4.15. The van der Waals surface area contributed by atoms with Crippen LogP contribution in [0.3, 0.4) is 0 Å². The minimum Gasteiger partial charge on any atom is -0.342 e. The molecule has 0 saturated carbocycles. The van der Waals surface area contributed by atoms with Crippen molar-refractivity contribution in [1.29, 1.82) is 0 Å². The van der Waals surface area contributed by atoms with Crippen LogP contribution in [0.15, 0.2) is 53.4 Å². The van der Waals surface area contributed by atoms with Crippen molar-refractivity contribution in [3.63, 3.8) is 0 Å². The van der Waals surface area contributed by atoms with E-state index in [2.05, 4.69) is 10.6 Å². The maximum absolute atomic E-state index is 12.3. The van der Waals surface area contributed by atoms with Gasteiger partial charge < -0.3 is 10.6 Å². The molecular formula is C18H15ClN2O2S2. The lowest BCUT2D eigenvalue weighted by Gasteiger charge is -2.07. The van der Waals surface area contributed by atoms with Crippen LogP contribution in [-0.2, 0) is 4.79 Å². The first-order valence-corrected chi connectivity index (χ1v) is 9.89. The van der Waals surface area contributed by atoms with Crippen LogP contribution in [0.1, 0.15) is 9.67 Å². The zero-order valence-corrected chi connectivity index (χ0v) is 15.7. The summed E-state index contributed by atoms with van der Waals surface area (Å²) in [6.07, 6.45) is 1.97. The summed E-state index contributed by atoms with van der Waals surface area (Å²) in [7, 11) is 0. The summed E-state index contributed by atoms with van der Waals surface area (Å²) in [5, 5.41) is 6.65. The lowest BCUT2D eigenvalue weighted by Crippen LogP contribution is -2.32. The van der Waals surface area contributed by atoms with Gasteiger partial charge in [0.2, 0.25) is 5.91 Å². The molecule has 128 valence electrons. The highest BCUT2D eigenvalue weighted by molar-refractivity contribution is 7.98. The fourth-order valence-electron chi connectivity index (χ4n) is 2.31. The van der Waals surface area contributed by atoms with Crippen molar-refractivity contribution in [1.82, 2.24) is 5.32 Å². The summed E-state index contributed by atoms with van der Waals surface area (Å²) in [6, 6.07) is 15.1. The van der Waals surface area contributed by atoms with E-state index in [4.69, 9.17) is 11.6 Å². The summed E-state index contributed by atoms with van der Waals surface area (Å²) >= 11 is 9.19. The Hall–Kier alpha value is -2.02. The fourth-order valence-corrected chi connectivity index (χ4v) is 4.20. The molecule has 2 amide bonds. The molecule has 0 fully saturated rings. The first-order valence-electron chi connectivity index (χ1n) is 7.47. The average Bonchev–Trinajstić information content (AvgIpc) is 2.97. The van der Waals surface area contributed by atoms with Gasteiger partial charge in [0.1, 0.15) is 4.88 Å². The molecule has 0 saturated heterocycles. The second-order valence-electron chi connectivity index (χ2n) is 5.20. The van der Waals surface area contributed by atoms with Crippen molar-refractivity contribution >= 4 is 62.3 Å². The number of nitrogens with one attached hydrogen (secondary N) is 2. The molecule has 0 spiro atoms. The van der Waals surface area contributed by atoms with Crippen LogP contribution in [0.5, 0.6) is 0 Å². The lowest BCUT2D eigenvalue weighted by atomic mass is 10.2. The minimum absolute atomic E-state index is 0.118. The Morgan fingerprint density at radius 3 is 2.72 bits per heavy atom. The van der Waals surface area contributed by atoms with Crippen molar-refractivity contribution in [2.45, 2.75) is 4.90 Å². The molecule has 1 heterocycles. The van der Waals surface area contributed by atoms with E-state index in [1.54, 1.807) is 11.8 Å². The summed E-state index contributed by atoms with van der Waals surface area (Å²) in [4.78, 5) is 25.8. The fraction of sp³-hybridized carbons (Fsp3) is 0.111. The molecule has 7 heteroatoms. The van der Waals surface area contributed by atoms with Gasteiger partial charge in [-0.05, 0) is 30.5 Å². The molecule has 0 bridgehead atoms. The first-order chi connectivity index (χ1) is 12.1. The summed E-state index contributed by atoms with van der Waals surface area (Å²) in [5.41, 5.74) is 0.700. The smallest absolute Gasteiger partial charge is 0.263 e. The van der Waals surface area contributed by atoms with E-state index in [-0.39, 0.29) is 18.4 Å². The molecule has 0 unspecified atom stereocenters. The quantitative estimate of drug-likeness (QED) is 0.623. The minimum atomic E-state index is -0.348. The number of hydrogen-bond donors (Lipinski definition) is 2. The molecule has 0 aliphatic rings. The molecule has 2 aromatic carbocycles. The molecule has 1 aromatic heterocycles. The number of amides is 2. The van der Waals surface area contributed by atoms with Gasteiger partial charge in [0, 0.05) is 20.7 Å². The van der Waals surface area contributed by atoms with Crippen LogP contribution in [-0.4, -0.2) is 24.6 Å². The molecule has 3 rings (SSSR count). The summed E-state index contributed by atoms with van der Waals surface area (Å²) < 4.78 is 0.941. The number of halogens is 1. The zero-order valence-electron chi connectivity index (χ0n) is 13.3. The molecule has 0 radical (unpaired) electrons. The Morgan fingerprint density at radius 1 is 1.16 bits per heavy atom. The van der Waals surface area contributed by atoms with Crippen LogP contribution >= 0.6 is 34.7 Å². The highest BCUT2D eigenvalue weighted by atomic mass is 35.5. The SMILES string of the molecule is CSc1cccc(NC(=O)CNC(=O)c2sc3ccccc3c2Cl)c1. The van der Waals surface area contributed by atoms with Crippen LogP contribution < -0.4 is 10.6 Å². The van der Waals surface area contributed by atoms with E-state index in [0.717, 1.165) is 15.0 Å². The van der Waals surface area contributed by atoms with Gasteiger partial charge in [-0.3, -0.25) is 9.59 Å². The van der Waals surface area contributed by atoms with E-state index < -0.39 is 0 Å². The molecular weight excluding hydrogens is 376 g/mol. The van der Waals surface area contributed by atoms with Gasteiger partial charge in [0.25, 0.3) is 5.91 Å². The van der Waals surface area contributed by atoms with Crippen LogP contribution in [0.4, 0.5) is 5.69 Å².